The van der Waals surface area contributed by atoms with Crippen molar-refractivity contribution in [1.29, 1.82) is 0 Å². The first-order chi connectivity index (χ1) is 63.2. The van der Waals surface area contributed by atoms with Crippen molar-refractivity contribution < 1.29 is 40.8 Å². The van der Waals surface area contributed by atoms with E-state index >= 15 is 0 Å². The van der Waals surface area contributed by atoms with Crippen LogP contribution in [0.1, 0.15) is 82.4 Å². The van der Waals surface area contributed by atoms with Crippen LogP contribution in [0.5, 0.6) is 5.75 Å². The summed E-state index contributed by atoms with van der Waals surface area (Å²) in [6.07, 6.45) is 1.57. The molecule has 10 aromatic heterocycles. The molecule has 23 aromatic rings. The summed E-state index contributed by atoms with van der Waals surface area (Å²) in [4.78, 5) is 92.5. The van der Waals surface area contributed by atoms with Crippen molar-refractivity contribution >= 4 is 143 Å². The molecule has 13 aromatic carbocycles. The van der Waals surface area contributed by atoms with E-state index in [1.807, 2.05) is 203 Å². The maximum Gasteiger partial charge on any atom is 0.336 e. The predicted octanol–water partition coefficient (Wildman–Crippen LogP) is 24.9. The Balaban J connectivity index is 0.000000106. The largest absolute Gasteiger partial charge is 0.497 e. The summed E-state index contributed by atoms with van der Waals surface area (Å²) in [7, 11) is 3.66. The van der Waals surface area contributed by atoms with Crippen molar-refractivity contribution in [2.75, 3.05) is 7.11 Å². The van der Waals surface area contributed by atoms with E-state index in [1.165, 1.54) is 35.0 Å². The van der Waals surface area contributed by atoms with E-state index in [2.05, 4.69) is 113 Å². The fourth-order valence-electron chi connectivity index (χ4n) is 18.1. The molecule has 18 nitrogen and oxygen atoms in total. The van der Waals surface area contributed by atoms with Gasteiger partial charge in [0, 0.05) is 138 Å². The van der Waals surface area contributed by atoms with Gasteiger partial charge in [-0.2, -0.15) is 0 Å². The maximum absolute atomic E-state index is 12.9. The molecule has 0 atom stereocenters. The summed E-state index contributed by atoms with van der Waals surface area (Å²) in [6, 6.07) is 101. The number of carbonyl (C=O) groups is 2. The third-order valence-electron chi connectivity index (χ3n) is 24.3. The standard InChI is InChI=1S/C26H21NO2.C25H19NO2.C24H17NO3.C21H16O5.C16H11NO2/c1-17-15-23(28)29-26-20(17)13-14-21-25(26)24(19-11-7-4-8-12-19)22(27(21)2)16-18-9-5-3-6-10-18;1-16-14-22(27)28-25-19(16)12-13-20-24(25)23(18-10-6-3-7-11-18)21(26-20)15-17-8-4-2-5-9-17;1-15-13-22(27)28-24-17(15)11-12-20-23(24)18-9-5-6-10-19(18)25(20)14-21(26)16-7-3-2-4-8-16;1-11-10-17(22)26-21-15(11)8-9-16-18(21)12(2)20(25-16)19(23)13-4-6-14(24-3)7-5-13;1-9-8-14(18)19-16-10(9)6-7-13-15(16)11-4-2-3-5-12(11)17-13/h3-15H,16H2,1-2H3;2-14,26H,15H2,1H3;2-13H,14H2,1H3;4-10H,1-3H3;2-8,17H,1H3. The monoisotopic (exact) mass is 1710 g/mol. The summed E-state index contributed by atoms with van der Waals surface area (Å²) in [5.41, 5.74) is 23.3. The van der Waals surface area contributed by atoms with Crippen LogP contribution in [0.25, 0.3) is 153 Å². The summed E-state index contributed by atoms with van der Waals surface area (Å²) in [5, 5.41) is 11.2. The summed E-state index contributed by atoms with van der Waals surface area (Å²) < 4.78 is 43.1. The number of H-pyrrole nitrogens is 2. The van der Waals surface area contributed by atoms with Crippen LogP contribution in [0.4, 0.5) is 0 Å². The van der Waals surface area contributed by atoms with Gasteiger partial charge in [0.1, 0.15) is 39.2 Å². The van der Waals surface area contributed by atoms with Crippen molar-refractivity contribution in [3.05, 3.63) is 440 Å². The quantitative estimate of drug-likeness (QED) is 0.0853. The molecule has 0 amide bonds. The number of furan rings is 1. The van der Waals surface area contributed by atoms with Gasteiger partial charge in [0.15, 0.2) is 11.5 Å². The van der Waals surface area contributed by atoms with Gasteiger partial charge in [0.2, 0.25) is 5.78 Å². The summed E-state index contributed by atoms with van der Waals surface area (Å²) in [6.45, 7) is 11.6. The molecule has 0 saturated carbocycles. The number of ketones is 2. The Morgan fingerprint density at radius 1 is 0.338 bits per heavy atom. The minimum atomic E-state index is -0.425. The number of para-hydroxylation sites is 2. The number of fused-ring (bicyclic) bond motifs is 19. The zero-order chi connectivity index (χ0) is 89.7. The molecule has 0 aliphatic rings. The Morgan fingerprint density at radius 2 is 0.762 bits per heavy atom. The summed E-state index contributed by atoms with van der Waals surface area (Å²) >= 11 is 0. The smallest absolute Gasteiger partial charge is 0.336 e. The van der Waals surface area contributed by atoms with Crippen LogP contribution < -0.4 is 32.9 Å². The predicted molar refractivity (Wildman–Crippen MR) is 518 cm³/mol. The second-order valence-electron chi connectivity index (χ2n) is 32.6. The number of nitrogens with one attached hydrogen (secondary N) is 2. The number of methoxy groups -OCH3 is 1. The number of aryl methyl sites for hydroxylation is 7. The number of rotatable bonds is 12. The van der Waals surface area contributed by atoms with Crippen molar-refractivity contribution in [3.63, 3.8) is 0 Å². The molecular formula is C112H84N4O14. The second-order valence-corrected chi connectivity index (χ2v) is 32.6. The van der Waals surface area contributed by atoms with Crippen LogP contribution in [-0.2, 0) is 26.4 Å². The first kappa shape index (κ1) is 82.9. The molecule has 0 radical (unpaired) electrons. The lowest BCUT2D eigenvalue weighted by Gasteiger charge is -2.09. The molecule has 23 rings (SSSR count). The fraction of sp³-hybridized carbons (Fsp3) is 0.0982. The van der Waals surface area contributed by atoms with Gasteiger partial charge in [-0.15, -0.1) is 0 Å². The van der Waals surface area contributed by atoms with E-state index in [4.69, 9.17) is 31.2 Å². The number of ether oxygens (including phenoxy) is 1. The Hall–Kier alpha value is -16.7. The van der Waals surface area contributed by atoms with E-state index < -0.39 is 5.63 Å². The van der Waals surface area contributed by atoms with Crippen molar-refractivity contribution in [1.82, 2.24) is 19.1 Å². The zero-order valence-electron chi connectivity index (χ0n) is 72.3. The molecule has 0 aliphatic carbocycles. The van der Waals surface area contributed by atoms with E-state index in [9.17, 15) is 33.6 Å². The molecule has 0 unspecified atom stereocenters. The Bertz CT molecular complexity index is 8730. The number of Topliss-reactive ketones (excluding diaryl/α,β-unsaturated/α-hetero) is 1. The van der Waals surface area contributed by atoms with Crippen LogP contribution in [0, 0.1) is 41.5 Å². The molecule has 18 heteroatoms. The van der Waals surface area contributed by atoms with Crippen LogP contribution in [0.3, 0.4) is 0 Å². The van der Waals surface area contributed by atoms with Gasteiger partial charge < -0.3 is 50.3 Å². The van der Waals surface area contributed by atoms with E-state index in [-0.39, 0.29) is 46.4 Å². The number of carbonyl (C=O) groups excluding carboxylic acids is 2. The minimum absolute atomic E-state index is 0.0362. The molecule has 636 valence electrons. The highest BCUT2D eigenvalue weighted by molar-refractivity contribution is 6.21. The molecule has 2 N–H and O–H groups in total. The van der Waals surface area contributed by atoms with E-state index in [0.717, 1.165) is 161 Å². The van der Waals surface area contributed by atoms with Gasteiger partial charge in [0.25, 0.3) is 0 Å². The Labute approximate surface area is 741 Å². The number of hydrogen-bond acceptors (Lipinski definition) is 14. The molecule has 0 fully saturated rings. The normalized spacial score (nSPS) is 11.4. The number of benzene rings is 13. The number of nitrogens with zero attached hydrogens (tertiary/aromatic N) is 2. The highest BCUT2D eigenvalue weighted by Crippen LogP contribution is 2.44. The van der Waals surface area contributed by atoms with Crippen LogP contribution in [0.15, 0.2) is 366 Å². The lowest BCUT2D eigenvalue weighted by Crippen LogP contribution is -2.10. The van der Waals surface area contributed by atoms with Crippen molar-refractivity contribution in [2.45, 2.75) is 60.9 Å². The Kier molecular flexibility index (Phi) is 22.1. The summed E-state index contributed by atoms with van der Waals surface area (Å²) in [5.74, 6) is 0.714. The van der Waals surface area contributed by atoms with Gasteiger partial charge in [-0.1, -0.05) is 188 Å². The van der Waals surface area contributed by atoms with Crippen LogP contribution in [-0.4, -0.2) is 37.8 Å². The maximum atomic E-state index is 12.9. The molecule has 130 heavy (non-hydrogen) atoms. The van der Waals surface area contributed by atoms with E-state index in [0.29, 0.717) is 61.3 Å². The number of aromatic amines is 2. The Morgan fingerprint density at radius 3 is 1.30 bits per heavy atom. The van der Waals surface area contributed by atoms with Crippen molar-refractivity contribution in [3.8, 4) is 28.0 Å². The minimum Gasteiger partial charge on any atom is -0.497 e. The third kappa shape index (κ3) is 15.6. The number of aromatic nitrogens is 4. The lowest BCUT2D eigenvalue weighted by atomic mass is 9.97. The first-order valence-electron chi connectivity index (χ1n) is 42.6. The van der Waals surface area contributed by atoms with Crippen LogP contribution in [0.2, 0.25) is 0 Å². The SMILES string of the molecule is COc1ccc(C(=O)c2oc3ccc4c(C)cc(=O)oc4c3c2C)cc1.Cc1cc(=O)oc2c1ccc1[nH]c(Cc3ccccc3)c(-c3ccccc3)c12.Cc1cc(=O)oc2c1ccc1[nH]c3ccccc3c12.Cc1cc(=O)oc2c1ccc1c2c(-c2ccccc2)c(Cc2ccccc2)n1C.Cc1cc(=O)oc2c1ccc1c2c2ccccc2n1CC(=O)c1ccccc1. The molecule has 0 spiro atoms. The molecule has 0 saturated heterocycles. The van der Waals surface area contributed by atoms with Gasteiger partial charge in [-0.25, -0.2) is 24.0 Å². The molecule has 0 bridgehead atoms. The topological polar surface area (TPSA) is 249 Å². The average Bonchev–Trinajstić information content (AvgIpc) is 1.58. The lowest BCUT2D eigenvalue weighted by molar-refractivity contribution is 0.0973. The molecular weight excluding hydrogens is 1630 g/mol. The van der Waals surface area contributed by atoms with E-state index in [1.54, 1.807) is 56.5 Å². The highest BCUT2D eigenvalue weighted by Gasteiger charge is 2.27. The number of hydrogen-bond donors (Lipinski definition) is 2. The van der Waals surface area contributed by atoms with Gasteiger partial charge >= 0.3 is 28.1 Å². The van der Waals surface area contributed by atoms with Gasteiger partial charge in [0.05, 0.1) is 62.7 Å². The van der Waals surface area contributed by atoms with Gasteiger partial charge in [-0.3, -0.25) is 9.59 Å². The van der Waals surface area contributed by atoms with Crippen LogP contribution >= 0.6 is 0 Å². The average molecular weight is 1710 g/mol. The van der Waals surface area contributed by atoms with Gasteiger partial charge in [-0.05, 0) is 189 Å². The first-order valence-corrected chi connectivity index (χ1v) is 42.6. The molecule has 0 aliphatic heterocycles. The second kappa shape index (κ2) is 34.7. The fourth-order valence-corrected chi connectivity index (χ4v) is 18.1. The molecule has 10 heterocycles. The third-order valence-corrected chi connectivity index (χ3v) is 24.3. The van der Waals surface area contributed by atoms with Crippen molar-refractivity contribution in [2.24, 2.45) is 7.05 Å². The zero-order valence-corrected chi connectivity index (χ0v) is 72.3. The highest BCUT2D eigenvalue weighted by atomic mass is 16.5.